The first-order valence-electron chi connectivity index (χ1n) is 8.07. The number of rotatable bonds is 7. The fourth-order valence-electron chi connectivity index (χ4n) is 2.32. The molecule has 0 saturated carbocycles. The molecule has 0 fully saturated rings. The number of nitrogens with one attached hydrogen (secondary N) is 1. The zero-order chi connectivity index (χ0) is 16.9. The zero-order valence-corrected chi connectivity index (χ0v) is 14.7. The van der Waals surface area contributed by atoms with Crippen LogP contribution in [-0.4, -0.2) is 34.7 Å². The Bertz CT molecular complexity index is 809. The van der Waals surface area contributed by atoms with Crippen LogP contribution < -0.4 is 5.32 Å². The van der Waals surface area contributed by atoms with Gasteiger partial charge in [-0.1, -0.05) is 11.3 Å². The minimum absolute atomic E-state index is 0.0580. The van der Waals surface area contributed by atoms with Crippen molar-refractivity contribution in [3.8, 4) is 5.13 Å². The highest BCUT2D eigenvalue weighted by atomic mass is 32.1. The Labute approximate surface area is 145 Å². The van der Waals surface area contributed by atoms with Crippen LogP contribution in [0.3, 0.4) is 0 Å². The number of fused-ring (bicyclic) bond motifs is 1. The zero-order valence-electron chi connectivity index (χ0n) is 13.9. The predicted octanol–water partition coefficient (Wildman–Crippen LogP) is 3.63. The van der Waals surface area contributed by atoms with Crippen LogP contribution in [-0.2, 0) is 4.74 Å². The summed E-state index contributed by atoms with van der Waals surface area (Å²) in [5.41, 5.74) is 1.57. The molecule has 1 amide bonds. The Kier molecular flexibility index (Phi) is 5.27. The second-order valence-electron chi connectivity index (χ2n) is 5.80. The molecule has 1 aromatic carbocycles. The second-order valence-corrected chi connectivity index (χ2v) is 6.81. The van der Waals surface area contributed by atoms with Gasteiger partial charge in [-0.2, -0.15) is 0 Å². The molecule has 126 valence electrons. The lowest BCUT2D eigenvalue weighted by Crippen LogP contribution is -2.25. The summed E-state index contributed by atoms with van der Waals surface area (Å²) in [6, 6.07) is 9.55. The lowest BCUT2D eigenvalue weighted by molar-refractivity contribution is 0.0757. The van der Waals surface area contributed by atoms with Crippen molar-refractivity contribution in [2.45, 2.75) is 26.4 Å². The molecule has 1 N–H and O–H groups in total. The van der Waals surface area contributed by atoms with Crippen molar-refractivity contribution < 1.29 is 9.53 Å². The van der Waals surface area contributed by atoms with Crippen LogP contribution in [0.2, 0.25) is 0 Å². The van der Waals surface area contributed by atoms with Gasteiger partial charge < -0.3 is 14.6 Å². The normalized spacial score (nSPS) is 11.3. The summed E-state index contributed by atoms with van der Waals surface area (Å²) in [6.07, 6.45) is 4.96. The van der Waals surface area contributed by atoms with Crippen molar-refractivity contribution in [1.29, 1.82) is 0 Å². The topological polar surface area (TPSA) is 56.1 Å². The van der Waals surface area contributed by atoms with E-state index in [2.05, 4.69) is 10.3 Å². The number of benzene rings is 1. The van der Waals surface area contributed by atoms with Gasteiger partial charge in [-0.05, 0) is 50.6 Å². The van der Waals surface area contributed by atoms with E-state index in [1.165, 1.54) is 0 Å². The average molecular weight is 343 g/mol. The molecule has 2 heterocycles. The van der Waals surface area contributed by atoms with Gasteiger partial charge in [-0.25, -0.2) is 4.98 Å². The SMILES string of the molecule is CC(C)OCCCNC(=O)c1ccc2nc(-n3cccc3)sc2c1. The smallest absolute Gasteiger partial charge is 0.251 e. The molecular formula is C18H21N3O2S. The standard InChI is InChI=1S/C18H21N3O2S/c1-13(2)23-11-5-8-19-17(22)14-6-7-15-16(12-14)24-18(20-15)21-9-3-4-10-21/h3-4,6-7,9-10,12-13H,5,8,11H2,1-2H3,(H,19,22). The highest BCUT2D eigenvalue weighted by molar-refractivity contribution is 7.20. The number of carbonyl (C=O) groups excluding carboxylic acids is 1. The third-order valence-corrected chi connectivity index (χ3v) is 4.55. The van der Waals surface area contributed by atoms with Crippen LogP contribution in [0.5, 0.6) is 0 Å². The number of hydrogen-bond acceptors (Lipinski definition) is 4. The van der Waals surface area contributed by atoms with Crippen molar-refractivity contribution in [1.82, 2.24) is 14.9 Å². The minimum Gasteiger partial charge on any atom is -0.379 e. The van der Waals surface area contributed by atoms with E-state index in [0.717, 1.165) is 21.8 Å². The summed E-state index contributed by atoms with van der Waals surface area (Å²) in [5, 5.41) is 3.83. The molecule has 0 saturated heterocycles. The van der Waals surface area contributed by atoms with E-state index in [4.69, 9.17) is 4.74 Å². The molecule has 24 heavy (non-hydrogen) atoms. The van der Waals surface area contributed by atoms with E-state index in [0.29, 0.717) is 18.7 Å². The Morgan fingerprint density at radius 3 is 2.88 bits per heavy atom. The second kappa shape index (κ2) is 7.59. The van der Waals surface area contributed by atoms with Crippen molar-refractivity contribution in [2.24, 2.45) is 0 Å². The molecule has 6 heteroatoms. The molecule has 0 aliphatic heterocycles. The molecule has 5 nitrogen and oxygen atoms in total. The van der Waals surface area contributed by atoms with Gasteiger partial charge in [0.05, 0.1) is 16.3 Å². The number of thiazole rings is 1. The number of amides is 1. The fourth-order valence-corrected chi connectivity index (χ4v) is 3.29. The van der Waals surface area contributed by atoms with Gasteiger partial charge in [0.15, 0.2) is 5.13 Å². The van der Waals surface area contributed by atoms with Crippen LogP contribution >= 0.6 is 11.3 Å². The summed E-state index contributed by atoms with van der Waals surface area (Å²) >= 11 is 1.57. The van der Waals surface area contributed by atoms with Gasteiger partial charge in [-0.15, -0.1) is 0 Å². The Hall–Kier alpha value is -2.18. The van der Waals surface area contributed by atoms with E-state index >= 15 is 0 Å². The molecule has 0 radical (unpaired) electrons. The first-order chi connectivity index (χ1) is 11.6. The van der Waals surface area contributed by atoms with Gasteiger partial charge in [0, 0.05) is 31.1 Å². The quantitative estimate of drug-likeness (QED) is 0.667. The maximum absolute atomic E-state index is 12.2. The third-order valence-electron chi connectivity index (χ3n) is 3.52. The lowest BCUT2D eigenvalue weighted by Gasteiger charge is -2.08. The average Bonchev–Trinajstić information content (AvgIpc) is 3.22. The highest BCUT2D eigenvalue weighted by Gasteiger charge is 2.10. The van der Waals surface area contributed by atoms with Gasteiger partial charge in [0.25, 0.3) is 5.91 Å². The van der Waals surface area contributed by atoms with Crippen molar-refractivity contribution >= 4 is 27.5 Å². The predicted molar refractivity (Wildman–Crippen MR) is 97.0 cm³/mol. The molecule has 3 rings (SSSR count). The Morgan fingerprint density at radius 1 is 1.33 bits per heavy atom. The van der Waals surface area contributed by atoms with Crippen LogP contribution in [0.4, 0.5) is 0 Å². The highest BCUT2D eigenvalue weighted by Crippen LogP contribution is 2.25. The fraction of sp³-hybridized carbons (Fsp3) is 0.333. The van der Waals surface area contributed by atoms with Gasteiger partial charge in [0.1, 0.15) is 0 Å². The van der Waals surface area contributed by atoms with Crippen LogP contribution in [0, 0.1) is 0 Å². The van der Waals surface area contributed by atoms with Crippen LogP contribution in [0.15, 0.2) is 42.7 Å². The molecule has 0 bridgehead atoms. The molecule has 3 aromatic rings. The van der Waals surface area contributed by atoms with Crippen molar-refractivity contribution in [3.63, 3.8) is 0 Å². The van der Waals surface area contributed by atoms with Crippen LogP contribution in [0.25, 0.3) is 15.3 Å². The lowest BCUT2D eigenvalue weighted by atomic mass is 10.2. The summed E-state index contributed by atoms with van der Waals surface area (Å²) in [7, 11) is 0. The first-order valence-corrected chi connectivity index (χ1v) is 8.89. The summed E-state index contributed by atoms with van der Waals surface area (Å²) in [6.45, 7) is 5.28. The summed E-state index contributed by atoms with van der Waals surface area (Å²) in [5.74, 6) is -0.0580. The largest absolute Gasteiger partial charge is 0.379 e. The molecule has 0 unspecified atom stereocenters. The number of carbonyl (C=O) groups is 1. The molecule has 0 aliphatic carbocycles. The monoisotopic (exact) mass is 343 g/mol. The number of ether oxygens (including phenoxy) is 1. The molecule has 0 spiro atoms. The first kappa shape index (κ1) is 16.7. The number of nitrogens with zero attached hydrogens (tertiary/aromatic N) is 2. The number of hydrogen-bond donors (Lipinski definition) is 1. The van der Waals surface area contributed by atoms with E-state index < -0.39 is 0 Å². The minimum atomic E-state index is -0.0580. The van der Waals surface area contributed by atoms with Crippen molar-refractivity contribution in [2.75, 3.05) is 13.2 Å². The van der Waals surface area contributed by atoms with Gasteiger partial charge in [0.2, 0.25) is 0 Å². The van der Waals surface area contributed by atoms with E-state index in [9.17, 15) is 4.79 Å². The molecular weight excluding hydrogens is 322 g/mol. The molecule has 0 atom stereocenters. The van der Waals surface area contributed by atoms with E-state index in [1.807, 2.05) is 61.1 Å². The van der Waals surface area contributed by atoms with Gasteiger partial charge >= 0.3 is 0 Å². The van der Waals surface area contributed by atoms with Gasteiger partial charge in [-0.3, -0.25) is 4.79 Å². The maximum Gasteiger partial charge on any atom is 0.251 e. The van der Waals surface area contributed by atoms with Crippen LogP contribution in [0.1, 0.15) is 30.6 Å². The third kappa shape index (κ3) is 4.01. The van der Waals surface area contributed by atoms with E-state index in [1.54, 1.807) is 11.3 Å². The Morgan fingerprint density at radius 2 is 2.12 bits per heavy atom. The number of aromatic nitrogens is 2. The summed E-state index contributed by atoms with van der Waals surface area (Å²) in [4.78, 5) is 16.8. The van der Waals surface area contributed by atoms with Crippen molar-refractivity contribution in [3.05, 3.63) is 48.3 Å². The Balaban J connectivity index is 1.63. The molecule has 2 aromatic heterocycles. The maximum atomic E-state index is 12.2. The molecule has 0 aliphatic rings. The summed E-state index contributed by atoms with van der Waals surface area (Å²) < 4.78 is 8.45. The van der Waals surface area contributed by atoms with E-state index in [-0.39, 0.29) is 12.0 Å².